The van der Waals surface area contributed by atoms with E-state index in [1.807, 2.05) is 0 Å². The predicted octanol–water partition coefficient (Wildman–Crippen LogP) is 1.39. The van der Waals surface area contributed by atoms with Crippen molar-refractivity contribution in [1.82, 2.24) is 0 Å². The van der Waals surface area contributed by atoms with E-state index in [0.717, 1.165) is 32.2 Å². The second-order valence-electron chi connectivity index (χ2n) is 2.79. The Bertz CT molecular complexity index is 112. The summed E-state index contributed by atoms with van der Waals surface area (Å²) in [6.07, 6.45) is 4.32. The summed E-state index contributed by atoms with van der Waals surface area (Å²) in [5.41, 5.74) is 0. The summed E-state index contributed by atoms with van der Waals surface area (Å²) in [7, 11) is 0. The molecule has 0 radical (unpaired) electrons. The lowest BCUT2D eigenvalue weighted by Crippen LogP contribution is -2.16. The number of carbonyl (C=O) groups is 1. The number of aldehydes is 1. The van der Waals surface area contributed by atoms with E-state index >= 15 is 0 Å². The fraction of sp³-hybridized carbons (Fsp3) is 0.875. The van der Waals surface area contributed by atoms with Crippen LogP contribution < -0.4 is 0 Å². The summed E-state index contributed by atoms with van der Waals surface area (Å²) >= 11 is 0. The lowest BCUT2D eigenvalue weighted by Gasteiger charge is -2.10. The van der Waals surface area contributed by atoms with Crippen molar-refractivity contribution in [3.8, 4) is 0 Å². The third-order valence-electron chi connectivity index (χ3n) is 2.01. The van der Waals surface area contributed by atoms with Crippen molar-refractivity contribution < 1.29 is 9.53 Å². The van der Waals surface area contributed by atoms with Gasteiger partial charge in [-0.15, -0.1) is 0 Å². The average molecular weight is 142 g/mol. The van der Waals surface area contributed by atoms with Gasteiger partial charge in [-0.25, -0.2) is 0 Å². The molecule has 0 aliphatic carbocycles. The molecule has 0 saturated carbocycles. The molecule has 0 spiro atoms. The van der Waals surface area contributed by atoms with Crippen LogP contribution in [0.25, 0.3) is 0 Å². The third kappa shape index (κ3) is 1.57. The molecule has 1 fully saturated rings. The minimum absolute atomic E-state index is 0.181. The Morgan fingerprint density at radius 3 is 3.10 bits per heavy atom. The lowest BCUT2D eigenvalue weighted by atomic mass is 10.0. The van der Waals surface area contributed by atoms with E-state index in [1.54, 1.807) is 0 Å². The van der Waals surface area contributed by atoms with E-state index < -0.39 is 0 Å². The van der Waals surface area contributed by atoms with Crippen molar-refractivity contribution in [3.05, 3.63) is 0 Å². The molecule has 2 atom stereocenters. The Kier molecular flexibility index (Phi) is 2.87. The molecular weight excluding hydrogens is 128 g/mol. The fourth-order valence-corrected chi connectivity index (χ4v) is 1.40. The van der Waals surface area contributed by atoms with Gasteiger partial charge in [0.2, 0.25) is 0 Å². The summed E-state index contributed by atoms with van der Waals surface area (Å²) in [6, 6.07) is 0. The van der Waals surface area contributed by atoms with Crippen LogP contribution in [0.4, 0.5) is 0 Å². The maximum atomic E-state index is 10.4. The van der Waals surface area contributed by atoms with Gasteiger partial charge in [-0.1, -0.05) is 13.3 Å². The number of rotatable bonds is 3. The molecule has 2 heteroatoms. The average Bonchev–Trinajstić information content (AvgIpc) is 2.36. The summed E-state index contributed by atoms with van der Waals surface area (Å²) in [5, 5.41) is 0. The van der Waals surface area contributed by atoms with Crippen molar-refractivity contribution >= 4 is 6.29 Å². The monoisotopic (exact) mass is 142 g/mol. The molecule has 0 aromatic heterocycles. The molecule has 0 N–H and O–H groups in total. The van der Waals surface area contributed by atoms with Gasteiger partial charge in [0, 0.05) is 12.5 Å². The van der Waals surface area contributed by atoms with Crippen LogP contribution in [0, 0.1) is 5.92 Å². The Balaban J connectivity index is 2.34. The standard InChI is InChI=1S/C8H14O2/c1-2-3-8-7(6-9)4-5-10-8/h6-8H,2-5H2,1H3/t7-,8-/m1/s1. The van der Waals surface area contributed by atoms with Crippen LogP contribution in [-0.2, 0) is 9.53 Å². The largest absolute Gasteiger partial charge is 0.377 e. The minimum atomic E-state index is 0.181. The van der Waals surface area contributed by atoms with Crippen LogP contribution in [-0.4, -0.2) is 19.0 Å². The van der Waals surface area contributed by atoms with Gasteiger partial charge < -0.3 is 9.53 Å². The second-order valence-corrected chi connectivity index (χ2v) is 2.79. The Morgan fingerprint density at radius 2 is 2.50 bits per heavy atom. The van der Waals surface area contributed by atoms with Crippen molar-refractivity contribution in [2.45, 2.75) is 32.3 Å². The van der Waals surface area contributed by atoms with Crippen molar-refractivity contribution in [2.24, 2.45) is 5.92 Å². The van der Waals surface area contributed by atoms with Gasteiger partial charge in [0.05, 0.1) is 6.10 Å². The van der Waals surface area contributed by atoms with Gasteiger partial charge in [0.25, 0.3) is 0 Å². The molecule has 1 saturated heterocycles. The zero-order chi connectivity index (χ0) is 7.40. The van der Waals surface area contributed by atoms with Crippen molar-refractivity contribution in [3.63, 3.8) is 0 Å². The van der Waals surface area contributed by atoms with Gasteiger partial charge in [0.1, 0.15) is 6.29 Å². The second kappa shape index (κ2) is 3.71. The molecule has 0 amide bonds. The van der Waals surface area contributed by atoms with Crippen LogP contribution in [0.3, 0.4) is 0 Å². The van der Waals surface area contributed by atoms with Gasteiger partial charge in [-0.2, -0.15) is 0 Å². The number of hydrogen-bond acceptors (Lipinski definition) is 2. The number of ether oxygens (including phenoxy) is 1. The molecular formula is C8H14O2. The summed E-state index contributed by atoms with van der Waals surface area (Å²) in [4.78, 5) is 10.4. The Morgan fingerprint density at radius 1 is 1.70 bits per heavy atom. The fourth-order valence-electron chi connectivity index (χ4n) is 1.40. The van der Waals surface area contributed by atoms with Crippen LogP contribution in [0.1, 0.15) is 26.2 Å². The van der Waals surface area contributed by atoms with E-state index in [4.69, 9.17) is 4.74 Å². The number of hydrogen-bond donors (Lipinski definition) is 0. The van der Waals surface area contributed by atoms with Crippen molar-refractivity contribution in [1.29, 1.82) is 0 Å². The maximum Gasteiger partial charge on any atom is 0.125 e. The Hall–Kier alpha value is -0.370. The smallest absolute Gasteiger partial charge is 0.125 e. The molecule has 1 rings (SSSR count). The molecule has 10 heavy (non-hydrogen) atoms. The summed E-state index contributed by atoms with van der Waals surface area (Å²) in [5.74, 6) is 0.181. The first-order valence-corrected chi connectivity index (χ1v) is 3.95. The molecule has 0 bridgehead atoms. The zero-order valence-electron chi connectivity index (χ0n) is 6.38. The SMILES string of the molecule is CCC[C@H]1OCC[C@@H]1C=O. The molecule has 0 aromatic carbocycles. The van der Waals surface area contributed by atoms with Gasteiger partial charge >= 0.3 is 0 Å². The first-order valence-electron chi connectivity index (χ1n) is 3.95. The Labute approximate surface area is 61.6 Å². The third-order valence-corrected chi connectivity index (χ3v) is 2.01. The molecule has 1 aliphatic rings. The van der Waals surface area contributed by atoms with E-state index in [0.29, 0.717) is 0 Å². The maximum absolute atomic E-state index is 10.4. The zero-order valence-corrected chi connectivity index (χ0v) is 6.38. The van der Waals surface area contributed by atoms with E-state index in [2.05, 4.69) is 6.92 Å². The highest BCUT2D eigenvalue weighted by Gasteiger charge is 2.26. The number of carbonyl (C=O) groups excluding carboxylic acids is 1. The molecule has 1 aliphatic heterocycles. The van der Waals surface area contributed by atoms with Crippen LogP contribution >= 0.6 is 0 Å². The quantitative estimate of drug-likeness (QED) is 0.556. The van der Waals surface area contributed by atoms with E-state index in [9.17, 15) is 4.79 Å². The predicted molar refractivity (Wildman–Crippen MR) is 38.8 cm³/mol. The van der Waals surface area contributed by atoms with Crippen LogP contribution in [0.2, 0.25) is 0 Å². The van der Waals surface area contributed by atoms with E-state index in [-0.39, 0.29) is 12.0 Å². The first-order chi connectivity index (χ1) is 4.88. The molecule has 58 valence electrons. The van der Waals surface area contributed by atoms with Crippen LogP contribution in [0.5, 0.6) is 0 Å². The topological polar surface area (TPSA) is 26.3 Å². The van der Waals surface area contributed by atoms with Gasteiger partial charge in [0.15, 0.2) is 0 Å². The molecule has 0 unspecified atom stereocenters. The van der Waals surface area contributed by atoms with Crippen molar-refractivity contribution in [2.75, 3.05) is 6.61 Å². The molecule has 1 heterocycles. The highest BCUT2D eigenvalue weighted by Crippen LogP contribution is 2.22. The minimum Gasteiger partial charge on any atom is -0.377 e. The molecule has 2 nitrogen and oxygen atoms in total. The summed E-state index contributed by atoms with van der Waals surface area (Å²) < 4.78 is 5.37. The molecule has 0 aromatic rings. The highest BCUT2D eigenvalue weighted by atomic mass is 16.5. The van der Waals surface area contributed by atoms with Crippen LogP contribution in [0.15, 0.2) is 0 Å². The summed E-state index contributed by atoms with van der Waals surface area (Å²) in [6.45, 7) is 2.89. The normalized spacial score (nSPS) is 32.5. The van der Waals surface area contributed by atoms with Gasteiger partial charge in [-0.05, 0) is 12.8 Å². The van der Waals surface area contributed by atoms with E-state index in [1.165, 1.54) is 0 Å². The lowest BCUT2D eigenvalue weighted by molar-refractivity contribution is -0.112. The highest BCUT2D eigenvalue weighted by molar-refractivity contribution is 5.54. The van der Waals surface area contributed by atoms with Gasteiger partial charge in [-0.3, -0.25) is 0 Å². The first kappa shape index (κ1) is 7.73.